The summed E-state index contributed by atoms with van der Waals surface area (Å²) in [5.41, 5.74) is 1.93. The average molecular weight is 368 g/mol. The van der Waals surface area contributed by atoms with E-state index < -0.39 is 0 Å². The van der Waals surface area contributed by atoms with Crippen molar-refractivity contribution in [3.05, 3.63) is 54.1 Å². The fourth-order valence-corrected chi connectivity index (χ4v) is 4.09. The van der Waals surface area contributed by atoms with Gasteiger partial charge in [-0.15, -0.1) is 0 Å². The molecule has 0 spiro atoms. The minimum absolute atomic E-state index is 0.0163. The highest BCUT2D eigenvalue weighted by Crippen LogP contribution is 2.33. The van der Waals surface area contributed by atoms with Gasteiger partial charge in [0.15, 0.2) is 5.13 Å². The van der Waals surface area contributed by atoms with Crippen LogP contribution in [-0.2, 0) is 16.1 Å². The van der Waals surface area contributed by atoms with Crippen molar-refractivity contribution in [2.24, 2.45) is 0 Å². The van der Waals surface area contributed by atoms with Crippen LogP contribution in [0.3, 0.4) is 0 Å². The van der Waals surface area contributed by atoms with Gasteiger partial charge in [0.25, 0.3) is 5.91 Å². The number of hydrogen-bond donors (Lipinski definition) is 0. The van der Waals surface area contributed by atoms with E-state index in [0.717, 1.165) is 34.4 Å². The smallest absolute Gasteiger partial charge is 0.258 e. The van der Waals surface area contributed by atoms with E-state index in [1.54, 1.807) is 12.0 Å². The number of amides is 1. The highest BCUT2D eigenvalue weighted by molar-refractivity contribution is 7.22. The monoisotopic (exact) mass is 368 g/mol. The Hall–Kier alpha value is -2.44. The van der Waals surface area contributed by atoms with Crippen molar-refractivity contribution in [1.82, 2.24) is 4.98 Å². The second kappa shape index (κ2) is 7.43. The Bertz CT molecular complexity index is 904. The first-order valence-electron chi connectivity index (χ1n) is 8.66. The van der Waals surface area contributed by atoms with E-state index in [1.165, 1.54) is 11.3 Å². The Labute approximate surface area is 156 Å². The predicted octanol–water partition coefficient (Wildman–Crippen LogP) is 4.02. The van der Waals surface area contributed by atoms with Crippen LogP contribution in [0.1, 0.15) is 18.4 Å². The van der Waals surface area contributed by atoms with Crippen LogP contribution in [0.2, 0.25) is 0 Å². The van der Waals surface area contributed by atoms with E-state index in [2.05, 4.69) is 4.98 Å². The van der Waals surface area contributed by atoms with E-state index in [-0.39, 0.29) is 12.0 Å². The number of hydrogen-bond acceptors (Lipinski definition) is 5. The Morgan fingerprint density at radius 2 is 2.15 bits per heavy atom. The van der Waals surface area contributed by atoms with Crippen LogP contribution in [0.15, 0.2) is 48.5 Å². The lowest BCUT2D eigenvalue weighted by molar-refractivity contribution is -0.127. The maximum Gasteiger partial charge on any atom is 0.258 e. The van der Waals surface area contributed by atoms with Gasteiger partial charge in [0.2, 0.25) is 0 Å². The lowest BCUT2D eigenvalue weighted by atomic mass is 10.2. The van der Waals surface area contributed by atoms with Crippen LogP contribution in [0.5, 0.6) is 5.75 Å². The van der Waals surface area contributed by atoms with Gasteiger partial charge < -0.3 is 9.47 Å². The van der Waals surface area contributed by atoms with Gasteiger partial charge in [0.1, 0.15) is 11.9 Å². The minimum Gasteiger partial charge on any atom is -0.497 e. The van der Waals surface area contributed by atoms with Gasteiger partial charge in [0, 0.05) is 6.61 Å². The molecule has 2 heterocycles. The molecule has 0 aliphatic carbocycles. The molecule has 0 radical (unpaired) electrons. The summed E-state index contributed by atoms with van der Waals surface area (Å²) >= 11 is 1.50. The molecule has 134 valence electrons. The van der Waals surface area contributed by atoms with Crippen LogP contribution in [0.25, 0.3) is 10.2 Å². The molecule has 1 unspecified atom stereocenters. The number of thiazole rings is 1. The molecular weight excluding hydrogens is 348 g/mol. The number of ether oxygens (including phenoxy) is 2. The zero-order valence-corrected chi connectivity index (χ0v) is 15.4. The molecule has 1 saturated heterocycles. The standard InChI is InChI=1S/C20H20N2O3S/c1-24-15-9-10-16-18(12-15)26-20(21-16)22(13-14-6-3-2-4-7-14)19(23)17-8-5-11-25-17/h2-4,6-7,9-10,12,17H,5,8,11,13H2,1H3. The molecule has 0 bridgehead atoms. The number of aromatic nitrogens is 1. The molecule has 5 nitrogen and oxygen atoms in total. The normalized spacial score (nSPS) is 16.7. The largest absolute Gasteiger partial charge is 0.497 e. The quantitative estimate of drug-likeness (QED) is 0.683. The fraction of sp³-hybridized carbons (Fsp3) is 0.300. The van der Waals surface area contributed by atoms with Crippen molar-refractivity contribution in [3.63, 3.8) is 0 Å². The molecule has 26 heavy (non-hydrogen) atoms. The first kappa shape index (κ1) is 17.0. The number of methoxy groups -OCH3 is 1. The van der Waals surface area contributed by atoms with Gasteiger partial charge in [-0.25, -0.2) is 4.98 Å². The van der Waals surface area contributed by atoms with E-state index in [9.17, 15) is 4.79 Å². The number of carbonyl (C=O) groups excluding carboxylic acids is 1. The van der Waals surface area contributed by atoms with Crippen LogP contribution in [0.4, 0.5) is 5.13 Å². The Kier molecular flexibility index (Phi) is 4.86. The van der Waals surface area contributed by atoms with Crippen molar-refractivity contribution >= 4 is 32.6 Å². The lowest BCUT2D eigenvalue weighted by Gasteiger charge is -2.23. The molecule has 0 N–H and O–H groups in total. The van der Waals surface area contributed by atoms with Crippen LogP contribution < -0.4 is 9.64 Å². The van der Waals surface area contributed by atoms with Crippen molar-refractivity contribution in [2.45, 2.75) is 25.5 Å². The number of benzene rings is 2. The third-order valence-electron chi connectivity index (χ3n) is 4.47. The number of fused-ring (bicyclic) bond motifs is 1. The zero-order valence-electron chi connectivity index (χ0n) is 14.6. The van der Waals surface area contributed by atoms with Gasteiger partial charge >= 0.3 is 0 Å². The molecule has 1 aliphatic rings. The summed E-state index contributed by atoms with van der Waals surface area (Å²) in [5, 5.41) is 0.692. The summed E-state index contributed by atoms with van der Waals surface area (Å²) in [5.74, 6) is 0.769. The zero-order chi connectivity index (χ0) is 17.9. The summed E-state index contributed by atoms with van der Waals surface area (Å²) in [6.45, 7) is 1.13. The summed E-state index contributed by atoms with van der Waals surface area (Å²) in [6, 6.07) is 15.7. The Morgan fingerprint density at radius 1 is 1.31 bits per heavy atom. The number of carbonyl (C=O) groups is 1. The Morgan fingerprint density at radius 3 is 2.88 bits per heavy atom. The van der Waals surface area contributed by atoms with E-state index in [4.69, 9.17) is 9.47 Å². The highest BCUT2D eigenvalue weighted by Gasteiger charge is 2.30. The fourth-order valence-electron chi connectivity index (χ4n) is 3.09. The molecule has 1 aromatic heterocycles. The third kappa shape index (κ3) is 3.43. The maximum atomic E-state index is 13.1. The van der Waals surface area contributed by atoms with Gasteiger partial charge in [-0.2, -0.15) is 0 Å². The molecular formula is C20H20N2O3S. The number of nitrogens with zero attached hydrogens (tertiary/aromatic N) is 2. The second-order valence-electron chi connectivity index (χ2n) is 6.24. The van der Waals surface area contributed by atoms with Crippen LogP contribution >= 0.6 is 11.3 Å². The second-order valence-corrected chi connectivity index (χ2v) is 7.25. The summed E-state index contributed by atoms with van der Waals surface area (Å²) < 4.78 is 11.9. The summed E-state index contributed by atoms with van der Waals surface area (Å²) in [6.07, 6.45) is 1.32. The Balaban J connectivity index is 1.70. The first-order chi connectivity index (χ1) is 12.7. The highest BCUT2D eigenvalue weighted by atomic mass is 32.1. The van der Waals surface area contributed by atoms with Crippen molar-refractivity contribution in [1.29, 1.82) is 0 Å². The van der Waals surface area contributed by atoms with E-state index >= 15 is 0 Å². The molecule has 1 atom stereocenters. The van der Waals surface area contributed by atoms with Gasteiger partial charge in [-0.05, 0) is 36.6 Å². The van der Waals surface area contributed by atoms with Crippen LogP contribution in [-0.4, -0.2) is 30.7 Å². The molecule has 4 rings (SSSR count). The summed E-state index contributed by atoms with van der Waals surface area (Å²) in [7, 11) is 1.64. The van der Waals surface area contributed by atoms with Crippen molar-refractivity contribution < 1.29 is 14.3 Å². The molecule has 2 aromatic carbocycles. The molecule has 3 aromatic rings. The van der Waals surface area contributed by atoms with Gasteiger partial charge in [0.05, 0.1) is 23.9 Å². The van der Waals surface area contributed by atoms with Gasteiger partial charge in [-0.3, -0.25) is 9.69 Å². The number of anilines is 1. The molecule has 0 saturated carbocycles. The first-order valence-corrected chi connectivity index (χ1v) is 9.48. The molecule has 1 amide bonds. The van der Waals surface area contributed by atoms with Crippen molar-refractivity contribution in [3.8, 4) is 5.75 Å². The summed E-state index contributed by atoms with van der Waals surface area (Å²) in [4.78, 5) is 19.5. The topological polar surface area (TPSA) is 51.7 Å². The van der Waals surface area contributed by atoms with E-state index in [1.807, 2.05) is 48.5 Å². The number of rotatable bonds is 5. The maximum absolute atomic E-state index is 13.1. The lowest BCUT2D eigenvalue weighted by Crippen LogP contribution is -2.38. The van der Waals surface area contributed by atoms with Crippen LogP contribution in [0, 0.1) is 0 Å². The average Bonchev–Trinajstić information content (AvgIpc) is 3.35. The predicted molar refractivity (Wildman–Crippen MR) is 103 cm³/mol. The van der Waals surface area contributed by atoms with Gasteiger partial charge in [-0.1, -0.05) is 41.7 Å². The van der Waals surface area contributed by atoms with Crippen molar-refractivity contribution in [2.75, 3.05) is 18.6 Å². The SMILES string of the molecule is COc1ccc2nc(N(Cc3ccccc3)C(=O)C3CCCO3)sc2c1. The van der Waals surface area contributed by atoms with E-state index in [0.29, 0.717) is 18.3 Å². The molecule has 6 heteroatoms. The molecule has 1 fully saturated rings. The third-order valence-corrected chi connectivity index (χ3v) is 5.51. The minimum atomic E-state index is -0.375. The molecule has 1 aliphatic heterocycles.